The minimum atomic E-state index is -0.274. The number of fused-ring (bicyclic) bond motifs is 1. The van der Waals surface area contributed by atoms with E-state index in [2.05, 4.69) is 15.3 Å². The molecule has 0 aliphatic rings. The van der Waals surface area contributed by atoms with Crippen LogP contribution in [0, 0.1) is 5.82 Å². The molecule has 0 saturated heterocycles. The first-order valence-electron chi connectivity index (χ1n) is 4.99. The Labute approximate surface area is 105 Å². The van der Waals surface area contributed by atoms with Gasteiger partial charge in [0.15, 0.2) is 5.13 Å². The number of hydrogen-bond acceptors (Lipinski definition) is 5. The summed E-state index contributed by atoms with van der Waals surface area (Å²) in [5, 5.41) is 3.91. The van der Waals surface area contributed by atoms with Gasteiger partial charge in [0.2, 0.25) is 0 Å². The summed E-state index contributed by atoms with van der Waals surface area (Å²) in [4.78, 5) is 9.35. The van der Waals surface area contributed by atoms with Crippen molar-refractivity contribution in [2.75, 3.05) is 5.32 Å². The summed E-state index contributed by atoms with van der Waals surface area (Å²) < 4.78 is 14.3. The number of benzene rings is 1. The number of nitrogens with one attached hydrogen (secondary N) is 1. The van der Waals surface area contributed by atoms with Crippen molar-refractivity contribution in [2.24, 2.45) is 0 Å². The fourth-order valence-corrected chi connectivity index (χ4v) is 2.89. The molecular formula is C11H8FN3S2. The van der Waals surface area contributed by atoms with Gasteiger partial charge in [-0.05, 0) is 12.1 Å². The van der Waals surface area contributed by atoms with Crippen molar-refractivity contribution in [3.05, 3.63) is 40.6 Å². The van der Waals surface area contributed by atoms with Crippen LogP contribution in [0.5, 0.6) is 0 Å². The van der Waals surface area contributed by atoms with Crippen molar-refractivity contribution < 1.29 is 4.39 Å². The van der Waals surface area contributed by atoms with Gasteiger partial charge < -0.3 is 5.32 Å². The number of anilines is 1. The Balaban J connectivity index is 1.84. The summed E-state index contributed by atoms with van der Waals surface area (Å²) >= 11 is 3.04. The van der Waals surface area contributed by atoms with E-state index in [9.17, 15) is 4.39 Å². The lowest BCUT2D eigenvalue weighted by Crippen LogP contribution is -1.96. The molecule has 0 aliphatic heterocycles. The summed E-state index contributed by atoms with van der Waals surface area (Å²) in [6, 6.07) is 4.99. The quantitative estimate of drug-likeness (QED) is 0.787. The molecule has 3 rings (SSSR count). The summed E-state index contributed by atoms with van der Waals surface area (Å²) in [5.41, 5.74) is 2.22. The second kappa shape index (κ2) is 4.38. The molecule has 3 aromatic rings. The molecule has 0 fully saturated rings. The molecular weight excluding hydrogens is 257 g/mol. The highest BCUT2D eigenvalue weighted by Crippen LogP contribution is 2.27. The largest absolute Gasteiger partial charge is 0.357 e. The molecule has 0 aliphatic carbocycles. The molecule has 0 unspecified atom stereocenters. The molecule has 6 heteroatoms. The van der Waals surface area contributed by atoms with E-state index in [1.165, 1.54) is 17.4 Å². The number of aromatic nitrogens is 2. The van der Waals surface area contributed by atoms with Crippen molar-refractivity contribution in [1.29, 1.82) is 0 Å². The van der Waals surface area contributed by atoms with Crippen molar-refractivity contribution >= 4 is 38.0 Å². The van der Waals surface area contributed by atoms with E-state index in [0.717, 1.165) is 14.7 Å². The van der Waals surface area contributed by atoms with Gasteiger partial charge in [0, 0.05) is 11.1 Å². The van der Waals surface area contributed by atoms with Gasteiger partial charge in [0.25, 0.3) is 0 Å². The Morgan fingerprint density at radius 3 is 3.06 bits per heavy atom. The Morgan fingerprint density at radius 2 is 2.29 bits per heavy atom. The maximum atomic E-state index is 13.4. The van der Waals surface area contributed by atoms with E-state index in [0.29, 0.717) is 12.1 Å². The molecule has 2 aromatic heterocycles. The number of rotatable bonds is 3. The lowest BCUT2D eigenvalue weighted by Gasteiger charge is -1.97. The maximum Gasteiger partial charge on any atom is 0.184 e. The van der Waals surface area contributed by atoms with Gasteiger partial charge in [-0.3, -0.25) is 4.98 Å². The highest BCUT2D eigenvalue weighted by molar-refractivity contribution is 7.22. The fourth-order valence-electron chi connectivity index (χ4n) is 1.48. The Hall–Kier alpha value is -1.53. The summed E-state index contributed by atoms with van der Waals surface area (Å²) in [6.07, 6.45) is 1.81. The van der Waals surface area contributed by atoms with Crippen LogP contribution in [0.4, 0.5) is 9.52 Å². The second-order valence-corrected chi connectivity index (χ2v) is 5.43. The van der Waals surface area contributed by atoms with Gasteiger partial charge >= 0.3 is 0 Å². The molecule has 0 atom stereocenters. The zero-order chi connectivity index (χ0) is 11.7. The number of hydrogen-bond donors (Lipinski definition) is 1. The van der Waals surface area contributed by atoms with Crippen LogP contribution in [0.15, 0.2) is 29.9 Å². The predicted molar refractivity (Wildman–Crippen MR) is 69.0 cm³/mol. The van der Waals surface area contributed by atoms with E-state index in [1.54, 1.807) is 22.9 Å². The molecule has 0 saturated carbocycles. The van der Waals surface area contributed by atoms with Crippen LogP contribution in [-0.2, 0) is 6.54 Å². The summed E-state index contributed by atoms with van der Waals surface area (Å²) in [7, 11) is 0. The van der Waals surface area contributed by atoms with Gasteiger partial charge in [-0.15, -0.1) is 11.3 Å². The van der Waals surface area contributed by atoms with Crippen LogP contribution in [-0.4, -0.2) is 9.97 Å². The minimum absolute atomic E-state index is 0.274. The van der Waals surface area contributed by atoms with Crippen molar-refractivity contribution in [3.63, 3.8) is 0 Å². The third-order valence-corrected chi connectivity index (χ3v) is 4.02. The van der Waals surface area contributed by atoms with Gasteiger partial charge in [-0.1, -0.05) is 17.4 Å². The Kier molecular flexibility index (Phi) is 2.74. The molecule has 86 valence electrons. The summed E-state index contributed by atoms with van der Waals surface area (Å²) in [6.45, 7) is 0.673. The molecule has 0 bridgehead atoms. The smallest absolute Gasteiger partial charge is 0.184 e. The predicted octanol–water partition coefficient (Wildman–Crippen LogP) is 3.50. The fraction of sp³-hybridized carbons (Fsp3) is 0.0909. The lowest BCUT2D eigenvalue weighted by molar-refractivity contribution is 0.637. The Morgan fingerprint density at radius 1 is 1.35 bits per heavy atom. The molecule has 2 heterocycles. The molecule has 3 nitrogen and oxygen atoms in total. The molecule has 0 amide bonds. The second-order valence-electron chi connectivity index (χ2n) is 3.43. The van der Waals surface area contributed by atoms with Gasteiger partial charge in [0.1, 0.15) is 11.3 Å². The van der Waals surface area contributed by atoms with Crippen LogP contribution in [0.3, 0.4) is 0 Å². The maximum absolute atomic E-state index is 13.4. The number of para-hydroxylation sites is 1. The van der Waals surface area contributed by atoms with E-state index >= 15 is 0 Å². The average Bonchev–Trinajstić information content (AvgIpc) is 2.95. The van der Waals surface area contributed by atoms with E-state index < -0.39 is 0 Å². The molecule has 0 spiro atoms. The van der Waals surface area contributed by atoms with Crippen LogP contribution in [0.1, 0.15) is 4.88 Å². The van der Waals surface area contributed by atoms with Crippen molar-refractivity contribution in [2.45, 2.75) is 6.54 Å². The zero-order valence-electron chi connectivity index (χ0n) is 8.68. The number of halogens is 1. The lowest BCUT2D eigenvalue weighted by atomic mass is 10.3. The third kappa shape index (κ3) is 2.13. The summed E-state index contributed by atoms with van der Waals surface area (Å²) in [5.74, 6) is -0.274. The van der Waals surface area contributed by atoms with Crippen LogP contribution < -0.4 is 5.32 Å². The number of thiazole rings is 2. The van der Waals surface area contributed by atoms with Crippen LogP contribution in [0.2, 0.25) is 0 Å². The van der Waals surface area contributed by atoms with Crippen molar-refractivity contribution in [1.82, 2.24) is 9.97 Å². The van der Waals surface area contributed by atoms with E-state index in [1.807, 2.05) is 12.3 Å². The average molecular weight is 265 g/mol. The molecule has 17 heavy (non-hydrogen) atoms. The zero-order valence-corrected chi connectivity index (χ0v) is 10.3. The van der Waals surface area contributed by atoms with E-state index in [4.69, 9.17) is 0 Å². The minimum Gasteiger partial charge on any atom is -0.357 e. The first-order chi connectivity index (χ1) is 8.33. The standard InChI is InChI=1S/C11H8FN3S2/c12-8-2-1-3-9-10(8)15-11(17-9)14-5-7-4-13-6-16-7/h1-4,6H,5H2,(H,14,15). The first kappa shape index (κ1) is 10.6. The van der Waals surface area contributed by atoms with E-state index in [-0.39, 0.29) is 5.82 Å². The molecule has 1 aromatic carbocycles. The first-order valence-corrected chi connectivity index (χ1v) is 6.69. The van der Waals surface area contributed by atoms with Crippen LogP contribution >= 0.6 is 22.7 Å². The molecule has 0 radical (unpaired) electrons. The monoisotopic (exact) mass is 265 g/mol. The van der Waals surface area contributed by atoms with Crippen LogP contribution in [0.25, 0.3) is 10.2 Å². The Bertz CT molecular complexity index is 633. The topological polar surface area (TPSA) is 37.8 Å². The number of nitrogens with zero attached hydrogens (tertiary/aromatic N) is 2. The van der Waals surface area contributed by atoms with Crippen molar-refractivity contribution in [3.8, 4) is 0 Å². The SMILES string of the molecule is Fc1cccc2sc(NCc3cncs3)nc12. The van der Waals surface area contributed by atoms with Gasteiger partial charge in [0.05, 0.1) is 16.8 Å². The highest BCUT2D eigenvalue weighted by Gasteiger charge is 2.07. The highest BCUT2D eigenvalue weighted by atomic mass is 32.1. The normalized spacial score (nSPS) is 10.9. The van der Waals surface area contributed by atoms with Gasteiger partial charge in [-0.2, -0.15) is 0 Å². The molecule has 1 N–H and O–H groups in total. The van der Waals surface area contributed by atoms with Gasteiger partial charge in [-0.25, -0.2) is 9.37 Å². The third-order valence-electron chi connectivity index (χ3n) is 2.27.